The fourth-order valence-corrected chi connectivity index (χ4v) is 6.41. The molecular formula is C28H34N2O6S2. The van der Waals surface area contributed by atoms with E-state index in [-0.39, 0.29) is 6.29 Å². The number of ether oxygens (including phenoxy) is 2. The van der Waals surface area contributed by atoms with E-state index in [2.05, 4.69) is 58.5 Å². The third-order valence-electron chi connectivity index (χ3n) is 6.77. The predicted molar refractivity (Wildman–Crippen MR) is 148 cm³/mol. The van der Waals surface area contributed by atoms with Gasteiger partial charge in [0.25, 0.3) is 0 Å². The van der Waals surface area contributed by atoms with Gasteiger partial charge in [-0.15, -0.1) is 11.8 Å². The fraction of sp³-hybridized carbons (Fsp3) is 0.429. The maximum atomic E-state index is 9.55. The average Bonchev–Trinajstić information content (AvgIpc) is 3.39. The molecule has 10 heteroatoms. The quantitative estimate of drug-likeness (QED) is 0.379. The molecule has 8 nitrogen and oxygen atoms in total. The van der Waals surface area contributed by atoms with Gasteiger partial charge in [-0.25, -0.2) is 9.59 Å². The summed E-state index contributed by atoms with van der Waals surface area (Å²) in [5.41, 5.74) is 2.98. The first kappa shape index (κ1) is 28.7. The first-order chi connectivity index (χ1) is 18.4. The first-order valence-corrected chi connectivity index (χ1v) is 14.7. The molecule has 1 unspecified atom stereocenters. The summed E-state index contributed by atoms with van der Waals surface area (Å²) in [6.45, 7) is 7.04. The number of hydrogen-bond donors (Lipinski definition) is 2. The van der Waals surface area contributed by atoms with Crippen molar-refractivity contribution in [2.24, 2.45) is 0 Å². The monoisotopic (exact) mass is 558 g/mol. The Labute approximate surface area is 232 Å². The van der Waals surface area contributed by atoms with Crippen molar-refractivity contribution in [3.8, 4) is 0 Å². The number of thioether (sulfide) groups is 1. The van der Waals surface area contributed by atoms with Gasteiger partial charge in [0.15, 0.2) is 6.29 Å². The SMILES string of the molecule is CSc1ccc2c(c1)C(N1CCN(CCC3OCCO3)CC1)Cc1ccccc1S2.O=C(O)/C=C\C(=O)O. The van der Waals surface area contributed by atoms with Crippen molar-refractivity contribution in [2.75, 3.05) is 52.2 Å². The van der Waals surface area contributed by atoms with E-state index in [4.69, 9.17) is 19.7 Å². The van der Waals surface area contributed by atoms with Gasteiger partial charge in [-0.05, 0) is 48.1 Å². The van der Waals surface area contributed by atoms with Crippen molar-refractivity contribution < 1.29 is 29.3 Å². The lowest BCUT2D eigenvalue weighted by molar-refractivity contribution is -0.134. The van der Waals surface area contributed by atoms with E-state index in [9.17, 15) is 9.59 Å². The minimum absolute atomic E-state index is 0.00950. The minimum Gasteiger partial charge on any atom is -0.478 e. The van der Waals surface area contributed by atoms with E-state index < -0.39 is 11.9 Å². The van der Waals surface area contributed by atoms with E-state index in [1.54, 1.807) is 0 Å². The van der Waals surface area contributed by atoms with Gasteiger partial charge in [-0.2, -0.15) is 0 Å². The Bertz CT molecular complexity index is 1110. The van der Waals surface area contributed by atoms with Gasteiger partial charge in [-0.3, -0.25) is 4.90 Å². The normalized spacial score (nSPS) is 20.3. The average molecular weight is 559 g/mol. The summed E-state index contributed by atoms with van der Waals surface area (Å²) < 4.78 is 11.2. The zero-order chi connectivity index (χ0) is 26.9. The van der Waals surface area contributed by atoms with Crippen LogP contribution in [0.4, 0.5) is 0 Å². The summed E-state index contributed by atoms with van der Waals surface area (Å²) in [5, 5.41) is 15.6. The van der Waals surface area contributed by atoms with Gasteiger partial charge >= 0.3 is 11.9 Å². The van der Waals surface area contributed by atoms with Crippen LogP contribution in [0.1, 0.15) is 23.6 Å². The lowest BCUT2D eigenvalue weighted by Gasteiger charge is -2.40. The maximum Gasteiger partial charge on any atom is 0.328 e. The molecule has 0 spiro atoms. The highest BCUT2D eigenvalue weighted by Crippen LogP contribution is 2.44. The zero-order valence-electron chi connectivity index (χ0n) is 21.5. The Morgan fingerprint density at radius 3 is 2.34 bits per heavy atom. The van der Waals surface area contributed by atoms with Crippen molar-refractivity contribution in [1.82, 2.24) is 9.80 Å². The molecule has 1 atom stereocenters. The predicted octanol–water partition coefficient (Wildman–Crippen LogP) is 4.25. The Morgan fingerprint density at radius 1 is 1.00 bits per heavy atom. The molecule has 0 aromatic heterocycles. The van der Waals surface area contributed by atoms with Crippen LogP contribution in [0.3, 0.4) is 0 Å². The van der Waals surface area contributed by atoms with Crippen LogP contribution in [0, 0.1) is 0 Å². The van der Waals surface area contributed by atoms with E-state index in [1.165, 1.54) is 25.8 Å². The Kier molecular flexibility index (Phi) is 10.7. The van der Waals surface area contributed by atoms with Crippen LogP contribution in [0.2, 0.25) is 0 Å². The van der Waals surface area contributed by atoms with Gasteiger partial charge in [0.1, 0.15) is 0 Å². The molecule has 5 rings (SSSR count). The fourth-order valence-electron chi connectivity index (χ4n) is 4.84. The van der Waals surface area contributed by atoms with Crippen LogP contribution >= 0.6 is 23.5 Å². The summed E-state index contributed by atoms with van der Waals surface area (Å²) in [5.74, 6) is -2.51. The molecule has 0 bridgehead atoms. The highest BCUT2D eigenvalue weighted by atomic mass is 32.2. The van der Waals surface area contributed by atoms with Gasteiger partial charge in [0.2, 0.25) is 0 Å². The second-order valence-electron chi connectivity index (χ2n) is 9.18. The molecule has 0 radical (unpaired) electrons. The lowest BCUT2D eigenvalue weighted by atomic mass is 9.96. The van der Waals surface area contributed by atoms with Crippen LogP contribution in [-0.2, 0) is 25.5 Å². The summed E-state index contributed by atoms with van der Waals surface area (Å²) >= 11 is 3.78. The molecule has 0 saturated carbocycles. The van der Waals surface area contributed by atoms with Crippen molar-refractivity contribution >= 4 is 35.5 Å². The second-order valence-corrected chi connectivity index (χ2v) is 11.1. The number of hydrogen-bond acceptors (Lipinski definition) is 8. The number of piperazine rings is 1. The smallest absolute Gasteiger partial charge is 0.328 e. The van der Waals surface area contributed by atoms with Crippen LogP contribution in [0.25, 0.3) is 0 Å². The lowest BCUT2D eigenvalue weighted by Crippen LogP contribution is -2.48. The van der Waals surface area contributed by atoms with E-state index in [0.29, 0.717) is 18.2 Å². The number of aliphatic carboxylic acids is 2. The van der Waals surface area contributed by atoms with Crippen LogP contribution in [0.5, 0.6) is 0 Å². The maximum absolute atomic E-state index is 9.55. The molecular weight excluding hydrogens is 524 g/mol. The molecule has 2 aromatic carbocycles. The molecule has 3 heterocycles. The van der Waals surface area contributed by atoms with Gasteiger partial charge < -0.3 is 24.6 Å². The highest BCUT2D eigenvalue weighted by molar-refractivity contribution is 7.99. The molecule has 204 valence electrons. The molecule has 3 aliphatic rings. The molecule has 0 amide bonds. The largest absolute Gasteiger partial charge is 0.478 e. The van der Waals surface area contributed by atoms with E-state index in [0.717, 1.165) is 58.8 Å². The van der Waals surface area contributed by atoms with Crippen molar-refractivity contribution in [3.05, 3.63) is 65.7 Å². The number of carboxylic acids is 2. The summed E-state index contributed by atoms with van der Waals surface area (Å²) in [6.07, 6.45) is 5.37. The van der Waals surface area contributed by atoms with Crippen molar-refractivity contribution in [1.29, 1.82) is 0 Å². The number of nitrogens with zero attached hydrogens (tertiary/aromatic N) is 2. The van der Waals surface area contributed by atoms with Crippen molar-refractivity contribution in [3.63, 3.8) is 0 Å². The first-order valence-electron chi connectivity index (χ1n) is 12.7. The summed E-state index contributed by atoms with van der Waals surface area (Å²) in [6, 6.07) is 16.4. The summed E-state index contributed by atoms with van der Waals surface area (Å²) in [7, 11) is 0. The minimum atomic E-state index is -1.26. The Balaban J connectivity index is 0.000000368. The molecule has 2 N–H and O–H groups in total. The van der Waals surface area contributed by atoms with E-state index in [1.807, 2.05) is 23.5 Å². The van der Waals surface area contributed by atoms with Crippen molar-refractivity contribution in [2.45, 2.75) is 39.9 Å². The molecule has 2 fully saturated rings. The molecule has 2 aromatic rings. The number of fused-ring (bicyclic) bond motifs is 2. The zero-order valence-corrected chi connectivity index (χ0v) is 23.1. The summed E-state index contributed by atoms with van der Waals surface area (Å²) in [4.78, 5) is 28.6. The van der Waals surface area contributed by atoms with Crippen LogP contribution in [0.15, 0.2) is 69.3 Å². The van der Waals surface area contributed by atoms with Gasteiger partial charge in [0.05, 0.1) is 13.2 Å². The third kappa shape index (κ3) is 8.08. The Morgan fingerprint density at radius 2 is 1.68 bits per heavy atom. The van der Waals surface area contributed by atoms with E-state index >= 15 is 0 Å². The third-order valence-corrected chi connectivity index (χ3v) is 8.70. The standard InChI is InChI=1S/C24H30N2O2S2.C4H4O4/c1-29-19-6-7-23-20(17-19)21(16-18-4-2-3-5-22(18)30-23)26-12-10-25(11-13-26)9-8-24-27-14-15-28-24;5-3(6)1-2-4(7)8/h2-7,17,21,24H,8-16H2,1H3;1-2H,(H,5,6)(H,7,8)/b;2-1-. The number of rotatable bonds is 7. The van der Waals surface area contributed by atoms with Gasteiger partial charge in [-0.1, -0.05) is 30.0 Å². The molecule has 38 heavy (non-hydrogen) atoms. The molecule has 0 aliphatic carbocycles. The molecule has 2 saturated heterocycles. The number of carbonyl (C=O) groups is 2. The van der Waals surface area contributed by atoms with Gasteiger partial charge in [0, 0.05) is 72.0 Å². The topological polar surface area (TPSA) is 99.5 Å². The second kappa shape index (κ2) is 14.2. The number of carboxylic acid groups (broad SMARTS) is 2. The van der Waals surface area contributed by atoms with Crippen LogP contribution < -0.4 is 0 Å². The number of benzene rings is 2. The Hall–Kier alpha value is -2.34. The molecule has 3 aliphatic heterocycles. The highest BCUT2D eigenvalue weighted by Gasteiger charge is 2.30. The van der Waals surface area contributed by atoms with Crippen LogP contribution in [-0.4, -0.2) is 90.4 Å².